The third-order valence-corrected chi connectivity index (χ3v) is 6.88. The van der Waals surface area contributed by atoms with Crippen LogP contribution >= 0.6 is 23.4 Å². The molecule has 8 heteroatoms. The number of rotatable bonds is 8. The smallest absolute Gasteiger partial charge is 0.237 e. The summed E-state index contributed by atoms with van der Waals surface area (Å²) < 4.78 is 7.98. The molecule has 0 unspecified atom stereocenters. The summed E-state index contributed by atoms with van der Waals surface area (Å²) in [6.45, 7) is 2.15. The topological polar surface area (TPSA) is 69.0 Å². The monoisotopic (exact) mass is 478 g/mol. The molecule has 1 fully saturated rings. The van der Waals surface area contributed by atoms with Gasteiger partial charge in [0.15, 0.2) is 11.0 Å². The molecule has 1 saturated carbocycles. The summed E-state index contributed by atoms with van der Waals surface area (Å²) in [6, 6.07) is 21.7. The average molecular weight is 479 g/mol. The summed E-state index contributed by atoms with van der Waals surface area (Å²) in [5.41, 5.74) is 0.781. The van der Waals surface area contributed by atoms with E-state index >= 15 is 0 Å². The van der Waals surface area contributed by atoms with Gasteiger partial charge in [-0.2, -0.15) is 0 Å². The Kier molecular flexibility index (Phi) is 6.24. The lowest BCUT2D eigenvalue weighted by Crippen LogP contribution is -2.23. The van der Waals surface area contributed by atoms with Crippen molar-refractivity contribution in [1.82, 2.24) is 14.8 Å². The highest BCUT2D eigenvalue weighted by atomic mass is 35.5. The van der Waals surface area contributed by atoms with Crippen molar-refractivity contribution < 1.29 is 9.53 Å². The van der Waals surface area contributed by atoms with Crippen LogP contribution < -0.4 is 10.1 Å². The van der Waals surface area contributed by atoms with Crippen molar-refractivity contribution in [2.24, 2.45) is 0 Å². The summed E-state index contributed by atoms with van der Waals surface area (Å²) in [4.78, 5) is 12.9. The van der Waals surface area contributed by atoms with Gasteiger partial charge in [-0.3, -0.25) is 9.36 Å². The van der Waals surface area contributed by atoms with Gasteiger partial charge in [0.25, 0.3) is 0 Å². The van der Waals surface area contributed by atoms with Gasteiger partial charge >= 0.3 is 0 Å². The Morgan fingerprint density at radius 1 is 1.12 bits per heavy atom. The van der Waals surface area contributed by atoms with E-state index in [-0.39, 0.29) is 17.8 Å². The first-order valence-electron chi connectivity index (χ1n) is 10.9. The quantitative estimate of drug-likeness (QED) is 0.309. The number of halogens is 1. The minimum atomic E-state index is -0.337. The molecule has 1 amide bonds. The number of amides is 1. The van der Waals surface area contributed by atoms with Crippen molar-refractivity contribution in [1.29, 1.82) is 0 Å². The van der Waals surface area contributed by atoms with E-state index < -0.39 is 0 Å². The number of carbonyl (C=O) groups excluding carboxylic acids is 1. The van der Waals surface area contributed by atoms with Gasteiger partial charge in [0.2, 0.25) is 5.91 Å². The summed E-state index contributed by atoms with van der Waals surface area (Å²) >= 11 is 7.61. The SMILES string of the molecule is C[C@H](Sc1nnc(COc2ccccc2Cl)n1C1CC1)C(=O)Nc1ccc2ccccc2c1. The van der Waals surface area contributed by atoms with E-state index in [1.807, 2.05) is 61.5 Å². The van der Waals surface area contributed by atoms with Crippen molar-refractivity contribution in [2.45, 2.75) is 42.8 Å². The lowest BCUT2D eigenvalue weighted by Gasteiger charge is -2.14. The molecule has 1 aromatic heterocycles. The maximum Gasteiger partial charge on any atom is 0.237 e. The van der Waals surface area contributed by atoms with Crippen LogP contribution in [0.4, 0.5) is 5.69 Å². The van der Waals surface area contributed by atoms with Gasteiger partial charge in [-0.15, -0.1) is 10.2 Å². The Bertz CT molecular complexity index is 1300. The standard InChI is InChI=1S/C25H23ClN4O2S/c1-16(24(31)27-19-11-10-17-6-2-3-7-18(17)14-19)33-25-29-28-23(30(25)20-12-13-20)15-32-22-9-5-4-8-21(22)26/h2-11,14,16,20H,12-13,15H2,1H3,(H,27,31)/t16-/m0/s1. The van der Waals surface area contributed by atoms with Crippen molar-refractivity contribution in [3.8, 4) is 5.75 Å². The number of anilines is 1. The molecule has 0 saturated heterocycles. The highest BCUT2D eigenvalue weighted by molar-refractivity contribution is 8.00. The van der Waals surface area contributed by atoms with Gasteiger partial charge in [-0.25, -0.2) is 0 Å². The summed E-state index contributed by atoms with van der Waals surface area (Å²) in [5, 5.41) is 14.9. The third-order valence-electron chi connectivity index (χ3n) is 5.51. The van der Waals surface area contributed by atoms with E-state index in [4.69, 9.17) is 16.3 Å². The second kappa shape index (κ2) is 9.45. The van der Waals surface area contributed by atoms with E-state index in [0.29, 0.717) is 16.8 Å². The molecule has 6 nitrogen and oxygen atoms in total. The molecular weight excluding hydrogens is 456 g/mol. The van der Waals surface area contributed by atoms with Crippen molar-refractivity contribution in [3.63, 3.8) is 0 Å². The number of hydrogen-bond donors (Lipinski definition) is 1. The molecule has 1 N–H and O–H groups in total. The molecule has 0 spiro atoms. The predicted octanol–water partition coefficient (Wildman–Crippen LogP) is 6.12. The molecule has 0 radical (unpaired) electrons. The van der Waals surface area contributed by atoms with Crippen LogP contribution in [0.3, 0.4) is 0 Å². The van der Waals surface area contributed by atoms with Gasteiger partial charge in [0.1, 0.15) is 12.4 Å². The van der Waals surface area contributed by atoms with Gasteiger partial charge in [0.05, 0.1) is 10.3 Å². The second-order valence-corrected chi connectivity index (χ2v) is 9.75. The zero-order chi connectivity index (χ0) is 22.8. The van der Waals surface area contributed by atoms with Crippen LogP contribution in [0.2, 0.25) is 5.02 Å². The largest absolute Gasteiger partial charge is 0.484 e. The molecule has 0 aliphatic heterocycles. The van der Waals surface area contributed by atoms with E-state index in [2.05, 4.69) is 26.1 Å². The normalized spacial score (nSPS) is 14.2. The van der Waals surface area contributed by atoms with Crippen molar-refractivity contribution in [2.75, 3.05) is 5.32 Å². The third kappa shape index (κ3) is 4.99. The first-order chi connectivity index (χ1) is 16.1. The Labute approximate surface area is 201 Å². The number of para-hydroxylation sites is 1. The number of thioether (sulfide) groups is 1. The van der Waals surface area contributed by atoms with Crippen LogP contribution in [-0.4, -0.2) is 25.9 Å². The predicted molar refractivity (Wildman–Crippen MR) is 132 cm³/mol. The minimum absolute atomic E-state index is 0.0745. The van der Waals surface area contributed by atoms with Crippen LogP contribution in [0.25, 0.3) is 10.8 Å². The zero-order valence-electron chi connectivity index (χ0n) is 18.1. The van der Waals surface area contributed by atoms with E-state index in [1.54, 1.807) is 6.07 Å². The number of ether oxygens (including phenoxy) is 1. The molecule has 1 heterocycles. The lowest BCUT2D eigenvalue weighted by atomic mass is 10.1. The molecule has 168 valence electrons. The fraction of sp³-hybridized carbons (Fsp3) is 0.240. The molecule has 3 aromatic carbocycles. The summed E-state index contributed by atoms with van der Waals surface area (Å²) in [5.74, 6) is 1.28. The molecule has 1 aliphatic rings. The lowest BCUT2D eigenvalue weighted by molar-refractivity contribution is -0.115. The van der Waals surface area contributed by atoms with Gasteiger partial charge in [0, 0.05) is 11.7 Å². The van der Waals surface area contributed by atoms with Gasteiger partial charge in [-0.1, -0.05) is 65.8 Å². The maximum absolute atomic E-state index is 12.9. The second-order valence-electron chi connectivity index (χ2n) is 8.03. The maximum atomic E-state index is 12.9. The van der Waals surface area contributed by atoms with E-state index in [0.717, 1.165) is 40.3 Å². The number of nitrogens with one attached hydrogen (secondary N) is 1. The Morgan fingerprint density at radius 3 is 2.67 bits per heavy atom. The van der Waals surface area contributed by atoms with Crippen molar-refractivity contribution in [3.05, 3.63) is 77.6 Å². The zero-order valence-corrected chi connectivity index (χ0v) is 19.6. The molecule has 1 aliphatic carbocycles. The van der Waals surface area contributed by atoms with E-state index in [9.17, 15) is 4.79 Å². The molecule has 33 heavy (non-hydrogen) atoms. The first-order valence-corrected chi connectivity index (χ1v) is 12.1. The number of aromatic nitrogens is 3. The Morgan fingerprint density at radius 2 is 1.88 bits per heavy atom. The highest BCUT2D eigenvalue weighted by Gasteiger charge is 2.31. The number of hydrogen-bond acceptors (Lipinski definition) is 5. The Hall–Kier alpha value is -3.03. The molecule has 5 rings (SSSR count). The number of benzene rings is 3. The van der Waals surface area contributed by atoms with Crippen LogP contribution in [0.15, 0.2) is 71.9 Å². The van der Waals surface area contributed by atoms with E-state index in [1.165, 1.54) is 11.8 Å². The number of fused-ring (bicyclic) bond motifs is 1. The fourth-order valence-corrected chi connectivity index (χ4v) is 4.74. The first kappa shape index (κ1) is 21.8. The summed E-state index contributed by atoms with van der Waals surface area (Å²) in [6.07, 6.45) is 2.14. The van der Waals surface area contributed by atoms with Crippen LogP contribution in [-0.2, 0) is 11.4 Å². The van der Waals surface area contributed by atoms with Crippen LogP contribution in [0.1, 0.15) is 31.6 Å². The minimum Gasteiger partial charge on any atom is -0.484 e. The van der Waals surface area contributed by atoms with Crippen LogP contribution in [0.5, 0.6) is 5.75 Å². The molecule has 1 atom stereocenters. The summed E-state index contributed by atoms with van der Waals surface area (Å²) in [7, 11) is 0. The average Bonchev–Trinajstić information content (AvgIpc) is 3.59. The molecule has 0 bridgehead atoms. The number of nitrogens with zero attached hydrogens (tertiary/aromatic N) is 3. The van der Waals surface area contributed by atoms with Gasteiger partial charge < -0.3 is 10.1 Å². The Balaban J connectivity index is 1.27. The fourth-order valence-electron chi connectivity index (χ4n) is 3.61. The molecule has 4 aromatic rings. The van der Waals surface area contributed by atoms with Gasteiger partial charge in [-0.05, 0) is 54.8 Å². The number of carbonyl (C=O) groups is 1. The van der Waals surface area contributed by atoms with Crippen LogP contribution in [0, 0.1) is 0 Å². The highest BCUT2D eigenvalue weighted by Crippen LogP contribution is 2.40. The van der Waals surface area contributed by atoms with Crippen molar-refractivity contribution >= 4 is 45.7 Å². The molecular formula is C25H23ClN4O2S.